The molecule has 0 bridgehead atoms. The third-order valence-corrected chi connectivity index (χ3v) is 6.29. The van der Waals surface area contributed by atoms with Crippen LogP contribution in [-0.4, -0.2) is 15.5 Å². The van der Waals surface area contributed by atoms with Gasteiger partial charge in [-0.2, -0.15) is 0 Å². The fourth-order valence-electron chi connectivity index (χ4n) is 3.83. The van der Waals surface area contributed by atoms with Gasteiger partial charge in [0, 0.05) is 4.88 Å². The molecule has 2 atom stereocenters. The molecule has 0 radical (unpaired) electrons. The summed E-state index contributed by atoms with van der Waals surface area (Å²) in [6.45, 7) is 3.92. The van der Waals surface area contributed by atoms with E-state index in [4.69, 9.17) is 4.42 Å². The van der Waals surface area contributed by atoms with E-state index in [1.54, 1.807) is 36.5 Å². The lowest BCUT2D eigenvalue weighted by Crippen LogP contribution is -2.29. The molecule has 1 N–H and O–H groups in total. The zero-order valence-corrected chi connectivity index (χ0v) is 16.3. The van der Waals surface area contributed by atoms with Gasteiger partial charge >= 0.3 is 5.76 Å². The molecule has 7 heteroatoms. The number of fused-ring (bicyclic) bond motifs is 2. The summed E-state index contributed by atoms with van der Waals surface area (Å²) in [5, 5.41) is 3.51. The van der Waals surface area contributed by atoms with Crippen LogP contribution in [0.1, 0.15) is 49.7 Å². The number of oxazole rings is 1. The number of rotatable bonds is 5. The standard InChI is InChI=1S/C20H23N3O3S/c1-3-6-13-9-10-14-17(11-13)27-19(21-14)22-18(24)12(2)23-15-7-4-5-8-16(15)26-20(23)25/h4-5,7-8,12-13H,3,6,9-11H2,1-2H3,(H,21,22,24). The highest BCUT2D eigenvalue weighted by atomic mass is 32.1. The van der Waals surface area contributed by atoms with Gasteiger partial charge in [0.05, 0.1) is 11.2 Å². The molecule has 0 fully saturated rings. The van der Waals surface area contributed by atoms with Crippen LogP contribution in [0.4, 0.5) is 5.13 Å². The summed E-state index contributed by atoms with van der Waals surface area (Å²) < 4.78 is 6.62. The number of benzene rings is 1. The maximum absolute atomic E-state index is 12.7. The zero-order chi connectivity index (χ0) is 19.0. The Morgan fingerprint density at radius 3 is 3.07 bits per heavy atom. The number of carbonyl (C=O) groups excluding carboxylic acids is 1. The lowest BCUT2D eigenvalue weighted by molar-refractivity contribution is -0.118. The van der Waals surface area contributed by atoms with Crippen molar-refractivity contribution in [3.05, 3.63) is 45.4 Å². The molecule has 27 heavy (non-hydrogen) atoms. The van der Waals surface area contributed by atoms with Crippen molar-refractivity contribution in [2.45, 2.75) is 52.0 Å². The number of aromatic nitrogens is 2. The molecular weight excluding hydrogens is 362 g/mol. The number of aryl methyl sites for hydroxylation is 1. The predicted octanol–water partition coefficient (Wildman–Crippen LogP) is 4.16. The van der Waals surface area contributed by atoms with E-state index < -0.39 is 11.8 Å². The van der Waals surface area contributed by atoms with Gasteiger partial charge in [0.25, 0.3) is 0 Å². The number of para-hydroxylation sites is 2. The van der Waals surface area contributed by atoms with E-state index in [0.29, 0.717) is 16.2 Å². The lowest BCUT2D eigenvalue weighted by Gasteiger charge is -2.19. The average molecular weight is 385 g/mol. The highest BCUT2D eigenvalue weighted by Gasteiger charge is 2.25. The predicted molar refractivity (Wildman–Crippen MR) is 106 cm³/mol. The summed E-state index contributed by atoms with van der Waals surface area (Å²) in [6.07, 6.45) is 5.65. The van der Waals surface area contributed by atoms with Crippen LogP contribution in [0.3, 0.4) is 0 Å². The van der Waals surface area contributed by atoms with Gasteiger partial charge < -0.3 is 9.73 Å². The summed E-state index contributed by atoms with van der Waals surface area (Å²) in [6, 6.07) is 6.43. The first-order valence-corrected chi connectivity index (χ1v) is 10.3. The van der Waals surface area contributed by atoms with Gasteiger partial charge in [-0.3, -0.25) is 9.36 Å². The molecule has 0 saturated heterocycles. The molecule has 1 aromatic carbocycles. The summed E-state index contributed by atoms with van der Waals surface area (Å²) >= 11 is 1.56. The molecule has 0 aliphatic heterocycles. The minimum atomic E-state index is -0.685. The van der Waals surface area contributed by atoms with Crippen LogP contribution in [0.5, 0.6) is 0 Å². The highest BCUT2D eigenvalue weighted by Crippen LogP contribution is 2.34. The second kappa shape index (κ2) is 7.31. The Morgan fingerprint density at radius 2 is 2.26 bits per heavy atom. The van der Waals surface area contributed by atoms with Crippen LogP contribution >= 0.6 is 11.3 Å². The monoisotopic (exact) mass is 385 g/mol. The minimum Gasteiger partial charge on any atom is -0.408 e. The third kappa shape index (κ3) is 3.43. The fourth-order valence-corrected chi connectivity index (χ4v) is 4.95. The second-order valence-corrected chi connectivity index (χ2v) is 8.24. The summed E-state index contributed by atoms with van der Waals surface area (Å²) in [5.41, 5.74) is 2.21. The van der Waals surface area contributed by atoms with Crippen LogP contribution in [-0.2, 0) is 17.6 Å². The Hall–Kier alpha value is -2.41. The first kappa shape index (κ1) is 18.0. The molecule has 1 amide bonds. The van der Waals surface area contributed by atoms with Crippen molar-refractivity contribution in [3.63, 3.8) is 0 Å². The number of nitrogens with one attached hydrogen (secondary N) is 1. The van der Waals surface area contributed by atoms with Gasteiger partial charge in [-0.1, -0.05) is 31.9 Å². The molecule has 3 aromatic rings. The van der Waals surface area contributed by atoms with Crippen molar-refractivity contribution in [1.29, 1.82) is 0 Å². The lowest BCUT2D eigenvalue weighted by atomic mass is 9.88. The Balaban J connectivity index is 1.53. The Kier molecular flexibility index (Phi) is 4.86. The van der Waals surface area contributed by atoms with Crippen LogP contribution < -0.4 is 11.1 Å². The van der Waals surface area contributed by atoms with Crippen molar-refractivity contribution < 1.29 is 9.21 Å². The molecule has 4 rings (SSSR count). The maximum atomic E-state index is 12.7. The van der Waals surface area contributed by atoms with Gasteiger partial charge in [-0.15, -0.1) is 11.3 Å². The third-order valence-electron chi connectivity index (χ3n) is 5.25. The molecular formula is C20H23N3O3S. The van der Waals surface area contributed by atoms with Crippen molar-refractivity contribution >= 4 is 33.5 Å². The number of amides is 1. The number of hydrogen-bond acceptors (Lipinski definition) is 5. The molecule has 2 unspecified atom stereocenters. The molecule has 1 aliphatic carbocycles. The van der Waals surface area contributed by atoms with E-state index in [1.165, 1.54) is 28.7 Å². The molecule has 0 spiro atoms. The van der Waals surface area contributed by atoms with Crippen molar-refractivity contribution in [2.75, 3.05) is 5.32 Å². The first-order chi connectivity index (χ1) is 13.1. The molecule has 1 aliphatic rings. The van der Waals surface area contributed by atoms with E-state index in [2.05, 4.69) is 17.2 Å². The van der Waals surface area contributed by atoms with Crippen LogP contribution in [0, 0.1) is 5.92 Å². The Bertz CT molecular complexity index is 1030. The summed E-state index contributed by atoms with van der Waals surface area (Å²) in [4.78, 5) is 30.8. The van der Waals surface area contributed by atoms with Crippen LogP contribution in [0.2, 0.25) is 0 Å². The minimum absolute atomic E-state index is 0.264. The quantitative estimate of drug-likeness (QED) is 0.715. The summed E-state index contributed by atoms with van der Waals surface area (Å²) in [7, 11) is 0. The number of nitrogens with zero attached hydrogens (tertiary/aromatic N) is 2. The van der Waals surface area contributed by atoms with Crippen molar-refractivity contribution in [1.82, 2.24) is 9.55 Å². The Morgan fingerprint density at radius 1 is 1.44 bits per heavy atom. The van der Waals surface area contributed by atoms with Gasteiger partial charge in [0.1, 0.15) is 6.04 Å². The zero-order valence-electron chi connectivity index (χ0n) is 15.5. The number of anilines is 1. The van der Waals surface area contributed by atoms with E-state index >= 15 is 0 Å². The second-order valence-electron chi connectivity index (χ2n) is 7.16. The Labute approximate surface area is 161 Å². The average Bonchev–Trinajstić information content (AvgIpc) is 3.20. The van der Waals surface area contributed by atoms with Gasteiger partial charge in [0.2, 0.25) is 5.91 Å². The maximum Gasteiger partial charge on any atom is 0.420 e. The SMILES string of the molecule is CCCC1CCc2nc(NC(=O)C(C)n3c(=O)oc4ccccc43)sc2C1. The van der Waals surface area contributed by atoms with Gasteiger partial charge in [0.15, 0.2) is 10.7 Å². The van der Waals surface area contributed by atoms with E-state index in [9.17, 15) is 9.59 Å². The molecule has 2 aromatic heterocycles. The smallest absolute Gasteiger partial charge is 0.408 e. The number of carbonyl (C=O) groups is 1. The number of hydrogen-bond donors (Lipinski definition) is 1. The molecule has 142 valence electrons. The molecule has 0 saturated carbocycles. The van der Waals surface area contributed by atoms with Crippen molar-refractivity contribution in [3.8, 4) is 0 Å². The normalized spacial score (nSPS) is 17.6. The largest absolute Gasteiger partial charge is 0.420 e. The van der Waals surface area contributed by atoms with Crippen LogP contribution in [0.15, 0.2) is 33.5 Å². The van der Waals surface area contributed by atoms with Gasteiger partial charge in [-0.05, 0) is 44.2 Å². The number of thiazole rings is 1. The fraction of sp³-hybridized carbons (Fsp3) is 0.450. The first-order valence-electron chi connectivity index (χ1n) is 9.46. The van der Waals surface area contributed by atoms with E-state index in [0.717, 1.165) is 24.5 Å². The van der Waals surface area contributed by atoms with Crippen LogP contribution in [0.25, 0.3) is 11.1 Å². The molecule has 6 nitrogen and oxygen atoms in total. The van der Waals surface area contributed by atoms with Crippen molar-refractivity contribution in [2.24, 2.45) is 5.92 Å². The summed E-state index contributed by atoms with van der Waals surface area (Å²) in [5.74, 6) is -0.0687. The topological polar surface area (TPSA) is 77.1 Å². The van der Waals surface area contributed by atoms with Gasteiger partial charge in [-0.25, -0.2) is 9.78 Å². The highest BCUT2D eigenvalue weighted by molar-refractivity contribution is 7.15. The van der Waals surface area contributed by atoms with E-state index in [1.807, 2.05) is 6.07 Å². The molecule has 2 heterocycles. The van der Waals surface area contributed by atoms with E-state index in [-0.39, 0.29) is 5.91 Å².